The zero-order valence-electron chi connectivity index (χ0n) is 8.94. The van der Waals surface area contributed by atoms with Gasteiger partial charge in [-0.2, -0.15) is 0 Å². The Balaban J connectivity index is 0.00000144. The van der Waals surface area contributed by atoms with Crippen molar-refractivity contribution in [1.29, 1.82) is 0 Å². The van der Waals surface area contributed by atoms with Gasteiger partial charge in [-0.05, 0) is 11.1 Å². The summed E-state index contributed by atoms with van der Waals surface area (Å²) in [5.41, 5.74) is 2.01. The molecule has 0 saturated heterocycles. The second-order valence-electron chi connectivity index (χ2n) is 3.39. The fraction of sp³-hybridized carbons (Fsp3) is 0. The third-order valence-corrected chi connectivity index (χ3v) is 3.29. The van der Waals surface area contributed by atoms with Gasteiger partial charge in [-0.25, -0.2) is 0 Å². The van der Waals surface area contributed by atoms with Crippen LogP contribution in [0.25, 0.3) is 0 Å². The molecule has 0 spiro atoms. The summed E-state index contributed by atoms with van der Waals surface area (Å²) < 4.78 is 0. The van der Waals surface area contributed by atoms with Crippen molar-refractivity contribution in [3.8, 4) is 0 Å². The molecule has 0 amide bonds. The zero-order chi connectivity index (χ0) is 11.4. The molecule has 0 N–H and O–H groups in total. The van der Waals surface area contributed by atoms with Crippen LogP contribution < -0.4 is 0 Å². The zero-order valence-corrected chi connectivity index (χ0v) is 11.7. The molecule has 0 unspecified atom stereocenters. The van der Waals surface area contributed by atoms with E-state index in [4.69, 9.17) is 24.4 Å². The second kappa shape index (κ2) is 6.77. The predicted molar refractivity (Wildman–Crippen MR) is 76.3 cm³/mol. The molecule has 0 aromatic heterocycles. The molecule has 2 aromatic carbocycles. The summed E-state index contributed by atoms with van der Waals surface area (Å²) in [5.74, 6) is 0. The molecule has 0 radical (unpaired) electrons. The average Bonchev–Trinajstić information content (AvgIpc) is 2.39. The molecule has 0 aliphatic heterocycles. The van der Waals surface area contributed by atoms with Gasteiger partial charge in [0.15, 0.2) is 0 Å². The van der Waals surface area contributed by atoms with E-state index in [0.29, 0.717) is 0 Å². The molecule has 0 bridgehead atoms. The summed E-state index contributed by atoms with van der Waals surface area (Å²) in [6, 6.07) is 19.7. The monoisotopic (exact) mass is 298 g/mol. The van der Waals surface area contributed by atoms with Gasteiger partial charge in [-0.3, -0.25) is 0 Å². The molecular weight excluding hydrogens is 288 g/mol. The van der Waals surface area contributed by atoms with Crippen LogP contribution >= 0.6 is 24.4 Å². The van der Waals surface area contributed by atoms with Gasteiger partial charge in [0.1, 0.15) is 0 Å². The van der Waals surface area contributed by atoms with E-state index in [2.05, 4.69) is 0 Å². The van der Waals surface area contributed by atoms with Crippen LogP contribution in [0.4, 0.5) is 0 Å². The van der Waals surface area contributed by atoms with Crippen molar-refractivity contribution >= 4 is 34.2 Å². The van der Waals surface area contributed by atoms with Gasteiger partial charge < -0.3 is 0 Å². The normalized spacial score (nSPS) is 9.18. The SMILES string of the molecule is S=C(C(=S)c1ccccc1)c1ccccc1.[Fe]. The number of rotatable bonds is 3. The Morgan fingerprint density at radius 1 is 0.588 bits per heavy atom. The molecule has 17 heavy (non-hydrogen) atoms. The van der Waals surface area contributed by atoms with Crippen molar-refractivity contribution < 1.29 is 17.1 Å². The van der Waals surface area contributed by atoms with Crippen LogP contribution in [0.3, 0.4) is 0 Å². The molecule has 86 valence electrons. The molecule has 0 heterocycles. The summed E-state index contributed by atoms with van der Waals surface area (Å²) in [5, 5.41) is 0. The van der Waals surface area contributed by atoms with Gasteiger partial charge in [0.05, 0.1) is 9.73 Å². The molecule has 2 aromatic rings. The van der Waals surface area contributed by atoms with E-state index >= 15 is 0 Å². The Kier molecular flexibility index (Phi) is 5.66. The van der Waals surface area contributed by atoms with Gasteiger partial charge in [-0.1, -0.05) is 85.1 Å². The van der Waals surface area contributed by atoms with Crippen LogP contribution in [0.15, 0.2) is 60.7 Å². The van der Waals surface area contributed by atoms with Crippen molar-refractivity contribution in [1.82, 2.24) is 0 Å². The molecule has 0 aliphatic carbocycles. The summed E-state index contributed by atoms with van der Waals surface area (Å²) in [6.45, 7) is 0. The Labute approximate surface area is 123 Å². The van der Waals surface area contributed by atoms with E-state index in [0.717, 1.165) is 20.9 Å². The first-order valence-corrected chi connectivity index (χ1v) is 5.80. The fourth-order valence-corrected chi connectivity index (χ4v) is 1.95. The van der Waals surface area contributed by atoms with Crippen LogP contribution in [-0.4, -0.2) is 9.73 Å². The van der Waals surface area contributed by atoms with Gasteiger partial charge in [-0.15, -0.1) is 0 Å². The van der Waals surface area contributed by atoms with Crippen LogP contribution in [0.2, 0.25) is 0 Å². The molecule has 0 fully saturated rings. The van der Waals surface area contributed by atoms with Gasteiger partial charge >= 0.3 is 0 Å². The Hall–Kier alpha value is -0.861. The van der Waals surface area contributed by atoms with E-state index in [-0.39, 0.29) is 17.1 Å². The first kappa shape index (κ1) is 14.2. The Morgan fingerprint density at radius 3 is 1.18 bits per heavy atom. The van der Waals surface area contributed by atoms with E-state index in [1.807, 2.05) is 60.7 Å². The third-order valence-electron chi connectivity index (χ3n) is 2.28. The summed E-state index contributed by atoms with van der Waals surface area (Å²) in [7, 11) is 0. The van der Waals surface area contributed by atoms with Crippen LogP contribution in [0.1, 0.15) is 11.1 Å². The topological polar surface area (TPSA) is 0 Å². The molecule has 0 saturated carbocycles. The van der Waals surface area contributed by atoms with Crippen LogP contribution in [0, 0.1) is 0 Å². The maximum absolute atomic E-state index is 5.38. The molecule has 2 rings (SSSR count). The minimum Gasteiger partial charge on any atom is -0.0778 e. The van der Waals surface area contributed by atoms with Crippen molar-refractivity contribution in [3.05, 3.63) is 71.8 Å². The van der Waals surface area contributed by atoms with Crippen molar-refractivity contribution in [2.24, 2.45) is 0 Å². The summed E-state index contributed by atoms with van der Waals surface area (Å²) >= 11 is 10.8. The second-order valence-corrected chi connectivity index (χ2v) is 4.21. The van der Waals surface area contributed by atoms with Crippen molar-refractivity contribution in [3.63, 3.8) is 0 Å². The number of hydrogen-bond acceptors (Lipinski definition) is 2. The number of thiocarbonyl (C=S) groups is 2. The predicted octanol–water partition coefficient (Wildman–Crippen LogP) is 3.82. The molecular formula is C14H10FeS2. The molecule has 0 atom stereocenters. The molecule has 0 aliphatic rings. The van der Waals surface area contributed by atoms with E-state index in [1.54, 1.807) is 0 Å². The Bertz CT molecular complexity index is 457. The average molecular weight is 298 g/mol. The van der Waals surface area contributed by atoms with E-state index in [9.17, 15) is 0 Å². The Morgan fingerprint density at radius 2 is 0.882 bits per heavy atom. The number of benzene rings is 2. The van der Waals surface area contributed by atoms with E-state index < -0.39 is 0 Å². The number of hydrogen-bond donors (Lipinski definition) is 0. The first-order valence-electron chi connectivity index (χ1n) is 4.98. The maximum Gasteiger partial charge on any atom is 0.0636 e. The van der Waals surface area contributed by atoms with Gasteiger partial charge in [0.25, 0.3) is 0 Å². The summed E-state index contributed by atoms with van der Waals surface area (Å²) in [6.07, 6.45) is 0. The largest absolute Gasteiger partial charge is 0.0778 e. The summed E-state index contributed by atoms with van der Waals surface area (Å²) in [4.78, 5) is 1.48. The first-order chi connectivity index (χ1) is 7.79. The maximum atomic E-state index is 5.38. The fourth-order valence-electron chi connectivity index (χ4n) is 1.44. The van der Waals surface area contributed by atoms with Crippen molar-refractivity contribution in [2.75, 3.05) is 0 Å². The van der Waals surface area contributed by atoms with Gasteiger partial charge in [0, 0.05) is 17.1 Å². The third kappa shape index (κ3) is 3.55. The molecule has 3 heteroatoms. The quantitative estimate of drug-likeness (QED) is 0.480. The van der Waals surface area contributed by atoms with Crippen LogP contribution in [-0.2, 0) is 17.1 Å². The minimum atomic E-state index is 0. The van der Waals surface area contributed by atoms with E-state index in [1.165, 1.54) is 0 Å². The van der Waals surface area contributed by atoms with Gasteiger partial charge in [0.2, 0.25) is 0 Å². The smallest absolute Gasteiger partial charge is 0.0636 e. The van der Waals surface area contributed by atoms with Crippen molar-refractivity contribution in [2.45, 2.75) is 0 Å². The standard InChI is InChI=1S/C14H10S2.Fe/c15-13(11-7-3-1-4-8-11)14(16)12-9-5-2-6-10-12;/h1-10H;. The van der Waals surface area contributed by atoms with Crippen LogP contribution in [0.5, 0.6) is 0 Å². The molecule has 0 nitrogen and oxygen atoms in total. The minimum absolute atomic E-state index is 0.